The number of thiazole rings is 1. The number of ether oxygens (including phenoxy) is 1. The lowest BCUT2D eigenvalue weighted by Gasteiger charge is -2.05. The number of rotatable bonds is 5. The average molecular weight is 330 g/mol. The Morgan fingerprint density at radius 1 is 1.27 bits per heavy atom. The monoisotopic (exact) mass is 330 g/mol. The summed E-state index contributed by atoms with van der Waals surface area (Å²) in [5.74, 6) is 0.695. The number of nitrogens with zero attached hydrogens (tertiary/aromatic N) is 1. The normalized spacial score (nSPS) is 10.4. The van der Waals surface area contributed by atoms with Gasteiger partial charge in [0.25, 0.3) is 11.1 Å². The van der Waals surface area contributed by atoms with Crippen molar-refractivity contribution in [3.8, 4) is 10.9 Å². The van der Waals surface area contributed by atoms with Gasteiger partial charge in [0.2, 0.25) is 0 Å². The molecule has 0 saturated heterocycles. The highest BCUT2D eigenvalue weighted by molar-refractivity contribution is 7.12. The zero-order valence-corrected chi connectivity index (χ0v) is 13.5. The molecule has 22 heavy (non-hydrogen) atoms. The largest absolute Gasteiger partial charge is 0.431 e. The molecule has 0 unspecified atom stereocenters. The molecule has 0 aliphatic carbocycles. The zero-order valence-electron chi connectivity index (χ0n) is 11.9. The standard InChI is InChI=1S/C16H14N2O2S2/c1-11-8-14(22-10-11)15(19)18-9-12-2-4-13(5-3-12)20-16-17-6-7-21-16/h2-8,10H,9H2,1H3,(H,18,19). The van der Waals surface area contributed by atoms with Gasteiger partial charge in [-0.3, -0.25) is 4.79 Å². The highest BCUT2D eigenvalue weighted by atomic mass is 32.1. The minimum Gasteiger partial charge on any atom is -0.431 e. The number of benzene rings is 1. The minimum atomic E-state index is -0.0405. The average Bonchev–Trinajstić information content (AvgIpc) is 3.18. The lowest BCUT2D eigenvalue weighted by atomic mass is 10.2. The third kappa shape index (κ3) is 3.72. The number of nitrogens with one attached hydrogen (secondary N) is 1. The molecule has 2 heterocycles. The third-order valence-corrected chi connectivity index (χ3v) is 4.64. The smallest absolute Gasteiger partial charge is 0.278 e. The molecule has 1 amide bonds. The van der Waals surface area contributed by atoms with Gasteiger partial charge in [-0.15, -0.1) is 11.3 Å². The molecule has 0 atom stereocenters. The molecule has 4 nitrogen and oxygen atoms in total. The van der Waals surface area contributed by atoms with Crippen molar-refractivity contribution in [3.05, 3.63) is 63.3 Å². The van der Waals surface area contributed by atoms with Gasteiger partial charge in [-0.1, -0.05) is 23.5 Å². The maximum absolute atomic E-state index is 12.0. The Balaban J connectivity index is 1.56. The first-order chi connectivity index (χ1) is 10.7. The number of carbonyl (C=O) groups is 1. The van der Waals surface area contributed by atoms with Gasteiger partial charge in [0.15, 0.2) is 0 Å². The Morgan fingerprint density at radius 3 is 2.73 bits per heavy atom. The van der Waals surface area contributed by atoms with Crippen LogP contribution >= 0.6 is 22.7 Å². The molecule has 0 fully saturated rings. The summed E-state index contributed by atoms with van der Waals surface area (Å²) < 4.78 is 5.59. The van der Waals surface area contributed by atoms with Crippen LogP contribution in [-0.4, -0.2) is 10.9 Å². The van der Waals surface area contributed by atoms with Crippen molar-refractivity contribution < 1.29 is 9.53 Å². The van der Waals surface area contributed by atoms with Crippen molar-refractivity contribution in [2.45, 2.75) is 13.5 Å². The van der Waals surface area contributed by atoms with Crippen molar-refractivity contribution in [2.24, 2.45) is 0 Å². The summed E-state index contributed by atoms with van der Waals surface area (Å²) in [6.45, 7) is 2.47. The predicted molar refractivity (Wildman–Crippen MR) is 88.9 cm³/mol. The van der Waals surface area contributed by atoms with E-state index in [1.807, 2.05) is 48.0 Å². The fraction of sp³-hybridized carbons (Fsp3) is 0.125. The van der Waals surface area contributed by atoms with E-state index in [9.17, 15) is 4.79 Å². The Hall–Kier alpha value is -2.18. The summed E-state index contributed by atoms with van der Waals surface area (Å²) in [6.07, 6.45) is 1.70. The number of carbonyl (C=O) groups excluding carboxylic acids is 1. The van der Waals surface area contributed by atoms with E-state index < -0.39 is 0 Å². The summed E-state index contributed by atoms with van der Waals surface area (Å²) in [7, 11) is 0. The topological polar surface area (TPSA) is 51.2 Å². The lowest BCUT2D eigenvalue weighted by molar-refractivity contribution is 0.0955. The Bertz CT molecular complexity index is 749. The Kier molecular flexibility index (Phi) is 4.50. The van der Waals surface area contributed by atoms with Gasteiger partial charge in [-0.05, 0) is 41.6 Å². The molecular formula is C16H14N2O2S2. The van der Waals surface area contributed by atoms with Crippen LogP contribution in [0.3, 0.4) is 0 Å². The quantitative estimate of drug-likeness (QED) is 0.761. The molecule has 0 radical (unpaired) electrons. The molecule has 3 aromatic rings. The first-order valence-electron chi connectivity index (χ1n) is 6.70. The number of amides is 1. The lowest BCUT2D eigenvalue weighted by Crippen LogP contribution is -2.21. The van der Waals surface area contributed by atoms with Gasteiger partial charge < -0.3 is 10.1 Å². The van der Waals surface area contributed by atoms with Crippen LogP contribution in [0.15, 0.2) is 47.3 Å². The van der Waals surface area contributed by atoms with E-state index in [0.717, 1.165) is 21.8 Å². The highest BCUT2D eigenvalue weighted by Crippen LogP contribution is 2.23. The first-order valence-corrected chi connectivity index (χ1v) is 8.46. The van der Waals surface area contributed by atoms with Crippen LogP contribution in [0.2, 0.25) is 0 Å². The van der Waals surface area contributed by atoms with E-state index in [0.29, 0.717) is 11.7 Å². The molecule has 0 aliphatic rings. The van der Waals surface area contributed by atoms with Crippen molar-refractivity contribution >= 4 is 28.6 Å². The second-order valence-corrected chi connectivity index (χ2v) is 6.48. The highest BCUT2D eigenvalue weighted by Gasteiger charge is 2.07. The fourth-order valence-corrected chi connectivity index (χ4v) is 3.17. The van der Waals surface area contributed by atoms with E-state index >= 15 is 0 Å². The Morgan fingerprint density at radius 2 is 2.09 bits per heavy atom. The molecule has 0 aliphatic heterocycles. The molecule has 0 bridgehead atoms. The van der Waals surface area contributed by atoms with Crippen LogP contribution in [0.4, 0.5) is 0 Å². The van der Waals surface area contributed by atoms with Crippen LogP contribution in [0.1, 0.15) is 20.8 Å². The van der Waals surface area contributed by atoms with E-state index in [2.05, 4.69) is 10.3 Å². The van der Waals surface area contributed by atoms with E-state index in [1.54, 1.807) is 6.20 Å². The molecule has 0 saturated carbocycles. The van der Waals surface area contributed by atoms with Crippen LogP contribution in [0.25, 0.3) is 0 Å². The number of aromatic nitrogens is 1. The van der Waals surface area contributed by atoms with Crippen molar-refractivity contribution in [3.63, 3.8) is 0 Å². The summed E-state index contributed by atoms with van der Waals surface area (Å²) >= 11 is 2.91. The third-order valence-electron chi connectivity index (χ3n) is 2.95. The van der Waals surface area contributed by atoms with Crippen molar-refractivity contribution in [1.82, 2.24) is 10.3 Å². The first kappa shape index (κ1) is 14.7. The molecule has 0 spiro atoms. The maximum Gasteiger partial charge on any atom is 0.278 e. The predicted octanol–water partition coefficient (Wildman–Crippen LogP) is 4.24. The van der Waals surface area contributed by atoms with Gasteiger partial charge in [-0.2, -0.15) is 0 Å². The summed E-state index contributed by atoms with van der Waals surface area (Å²) in [4.78, 5) is 16.8. The molecule has 3 rings (SSSR count). The molecular weight excluding hydrogens is 316 g/mol. The number of hydrogen-bond donors (Lipinski definition) is 1. The van der Waals surface area contributed by atoms with E-state index in [4.69, 9.17) is 4.74 Å². The minimum absolute atomic E-state index is 0.0405. The molecule has 6 heteroatoms. The summed E-state index contributed by atoms with van der Waals surface area (Å²) in [6, 6.07) is 9.51. The molecule has 2 aromatic heterocycles. The maximum atomic E-state index is 12.0. The molecule has 1 aromatic carbocycles. The van der Waals surface area contributed by atoms with Gasteiger partial charge in [0.1, 0.15) is 5.75 Å². The van der Waals surface area contributed by atoms with Crippen molar-refractivity contribution in [1.29, 1.82) is 0 Å². The SMILES string of the molecule is Cc1csc(C(=O)NCc2ccc(Oc3nccs3)cc2)c1. The van der Waals surface area contributed by atoms with Crippen LogP contribution in [0, 0.1) is 6.92 Å². The second-order valence-electron chi connectivity index (χ2n) is 4.72. The fourth-order valence-electron chi connectivity index (χ4n) is 1.86. The number of hydrogen-bond acceptors (Lipinski definition) is 5. The molecule has 112 valence electrons. The van der Waals surface area contributed by atoms with Crippen molar-refractivity contribution in [2.75, 3.05) is 0 Å². The van der Waals surface area contributed by atoms with E-state index in [1.165, 1.54) is 22.7 Å². The zero-order chi connectivity index (χ0) is 15.4. The van der Waals surface area contributed by atoms with Gasteiger partial charge >= 0.3 is 0 Å². The Labute approximate surface area is 136 Å². The van der Waals surface area contributed by atoms with Gasteiger partial charge in [-0.25, -0.2) is 4.98 Å². The summed E-state index contributed by atoms with van der Waals surface area (Å²) in [5.41, 5.74) is 2.13. The second kappa shape index (κ2) is 6.72. The van der Waals surface area contributed by atoms with Crippen LogP contribution < -0.4 is 10.1 Å². The van der Waals surface area contributed by atoms with E-state index in [-0.39, 0.29) is 5.91 Å². The number of aryl methyl sites for hydroxylation is 1. The van der Waals surface area contributed by atoms with Gasteiger partial charge in [0, 0.05) is 18.1 Å². The van der Waals surface area contributed by atoms with Gasteiger partial charge in [0.05, 0.1) is 4.88 Å². The van der Waals surface area contributed by atoms with Crippen LogP contribution in [-0.2, 0) is 6.54 Å². The summed E-state index contributed by atoms with van der Waals surface area (Å²) in [5, 5.41) is 7.37. The molecule has 1 N–H and O–H groups in total. The van der Waals surface area contributed by atoms with Crippen LogP contribution in [0.5, 0.6) is 10.9 Å². The number of thiophene rings is 1.